The van der Waals surface area contributed by atoms with E-state index in [9.17, 15) is 13.2 Å². The molecule has 0 atom stereocenters. The summed E-state index contributed by atoms with van der Waals surface area (Å²) in [6.07, 6.45) is 1.19. The van der Waals surface area contributed by atoms with Crippen molar-refractivity contribution in [1.29, 1.82) is 5.26 Å². The molecule has 0 saturated heterocycles. The monoisotopic (exact) mass is 391 g/mol. The number of anilines is 3. The molecule has 2 aromatic rings. The van der Waals surface area contributed by atoms with Gasteiger partial charge in [0.2, 0.25) is 10.0 Å². The SMILES string of the molecule is N#C/C(=C/Nc1ccc(S(N)(=O)=O)cc1)C(=O)Nc1ccc(N)c(Cl)c1. The topological polar surface area (TPSA) is 151 Å². The number of amides is 1. The summed E-state index contributed by atoms with van der Waals surface area (Å²) in [6, 6.07) is 11.8. The Balaban J connectivity index is 2.10. The first-order valence-electron chi connectivity index (χ1n) is 7.07. The number of sulfonamides is 1. The number of carbonyl (C=O) groups excluding carboxylic acids is 1. The van der Waals surface area contributed by atoms with Crippen molar-refractivity contribution in [1.82, 2.24) is 0 Å². The normalized spacial score (nSPS) is 11.5. The van der Waals surface area contributed by atoms with Crippen LogP contribution in [0.15, 0.2) is 59.1 Å². The van der Waals surface area contributed by atoms with Crippen LogP contribution < -0.4 is 21.5 Å². The van der Waals surface area contributed by atoms with Gasteiger partial charge < -0.3 is 16.4 Å². The van der Waals surface area contributed by atoms with Crippen molar-refractivity contribution >= 4 is 44.6 Å². The number of nitrogens with two attached hydrogens (primary N) is 2. The number of nitrogens with zero attached hydrogens (tertiary/aromatic N) is 1. The lowest BCUT2D eigenvalue weighted by Gasteiger charge is -2.07. The van der Waals surface area contributed by atoms with Crippen molar-refractivity contribution in [3.05, 3.63) is 59.3 Å². The van der Waals surface area contributed by atoms with Gasteiger partial charge >= 0.3 is 0 Å². The Morgan fingerprint density at radius 2 is 1.77 bits per heavy atom. The summed E-state index contributed by atoms with van der Waals surface area (Å²) in [5.74, 6) is -0.651. The maximum atomic E-state index is 12.1. The molecule has 0 fully saturated rings. The minimum Gasteiger partial charge on any atom is -0.398 e. The third-order valence-electron chi connectivity index (χ3n) is 3.19. The van der Waals surface area contributed by atoms with E-state index in [1.165, 1.54) is 42.6 Å². The van der Waals surface area contributed by atoms with Crippen LogP contribution in [0.5, 0.6) is 0 Å². The van der Waals surface area contributed by atoms with Crippen molar-refractivity contribution in [2.75, 3.05) is 16.4 Å². The molecule has 6 N–H and O–H groups in total. The molecule has 2 rings (SSSR count). The molecular formula is C16H14ClN5O3S. The van der Waals surface area contributed by atoms with Crippen LogP contribution in [-0.4, -0.2) is 14.3 Å². The van der Waals surface area contributed by atoms with Crippen LogP contribution in [0.4, 0.5) is 17.1 Å². The molecule has 1 amide bonds. The molecule has 0 aliphatic rings. The third kappa shape index (κ3) is 4.97. The van der Waals surface area contributed by atoms with Gasteiger partial charge in [-0.1, -0.05) is 11.6 Å². The highest BCUT2D eigenvalue weighted by atomic mass is 35.5. The van der Waals surface area contributed by atoms with Crippen LogP contribution in [0, 0.1) is 11.3 Å². The van der Waals surface area contributed by atoms with Crippen LogP contribution in [-0.2, 0) is 14.8 Å². The number of rotatable bonds is 5. The molecule has 134 valence electrons. The van der Waals surface area contributed by atoms with Crippen LogP contribution in [0.25, 0.3) is 0 Å². The van der Waals surface area contributed by atoms with Crippen molar-refractivity contribution in [3.8, 4) is 6.07 Å². The quantitative estimate of drug-likeness (QED) is 0.347. The van der Waals surface area contributed by atoms with E-state index in [1.807, 2.05) is 0 Å². The first-order chi connectivity index (χ1) is 12.2. The van der Waals surface area contributed by atoms with E-state index in [4.69, 9.17) is 27.7 Å². The van der Waals surface area contributed by atoms with E-state index in [0.29, 0.717) is 17.1 Å². The molecule has 0 aromatic heterocycles. The summed E-state index contributed by atoms with van der Waals surface area (Å²) in [7, 11) is -3.79. The van der Waals surface area contributed by atoms with Crippen LogP contribution in [0.2, 0.25) is 5.02 Å². The lowest BCUT2D eigenvalue weighted by molar-refractivity contribution is -0.112. The number of nitrogens with one attached hydrogen (secondary N) is 2. The van der Waals surface area contributed by atoms with E-state index < -0.39 is 15.9 Å². The van der Waals surface area contributed by atoms with E-state index in [1.54, 1.807) is 12.1 Å². The molecule has 0 aliphatic carbocycles. The third-order valence-corrected chi connectivity index (χ3v) is 4.45. The lowest BCUT2D eigenvalue weighted by Crippen LogP contribution is -2.14. The van der Waals surface area contributed by atoms with Gasteiger partial charge in [0.05, 0.1) is 15.6 Å². The summed E-state index contributed by atoms with van der Waals surface area (Å²) in [5, 5.41) is 19.7. The van der Waals surface area contributed by atoms with E-state index >= 15 is 0 Å². The second-order valence-corrected chi connectivity index (χ2v) is 7.04. The van der Waals surface area contributed by atoms with Gasteiger partial charge in [-0.25, -0.2) is 13.6 Å². The summed E-state index contributed by atoms with van der Waals surface area (Å²) in [4.78, 5) is 12.1. The summed E-state index contributed by atoms with van der Waals surface area (Å²) in [6.45, 7) is 0. The number of halogens is 1. The fourth-order valence-corrected chi connectivity index (χ4v) is 2.54. The first-order valence-corrected chi connectivity index (χ1v) is 8.99. The Bertz CT molecular complexity index is 1010. The second kappa shape index (κ2) is 7.88. The van der Waals surface area contributed by atoms with Gasteiger partial charge in [-0.15, -0.1) is 0 Å². The average Bonchev–Trinajstić information content (AvgIpc) is 2.58. The van der Waals surface area contributed by atoms with Gasteiger partial charge in [0, 0.05) is 17.6 Å². The molecule has 0 radical (unpaired) electrons. The van der Waals surface area contributed by atoms with Crippen LogP contribution in [0.1, 0.15) is 0 Å². The Hall–Kier alpha value is -3.06. The number of hydrogen-bond donors (Lipinski definition) is 4. The average molecular weight is 392 g/mol. The Kier molecular flexibility index (Phi) is 5.84. The van der Waals surface area contributed by atoms with Crippen LogP contribution in [0.3, 0.4) is 0 Å². The van der Waals surface area contributed by atoms with Gasteiger partial charge in [-0.2, -0.15) is 5.26 Å². The summed E-state index contributed by atoms with van der Waals surface area (Å²) >= 11 is 5.88. The van der Waals surface area contributed by atoms with Gasteiger partial charge in [-0.05, 0) is 42.5 Å². The predicted octanol–water partition coefficient (Wildman–Crippen LogP) is 2.03. The first kappa shape index (κ1) is 19.3. The number of nitrogen functional groups attached to an aromatic ring is 1. The Morgan fingerprint density at radius 3 is 2.31 bits per heavy atom. The van der Waals surface area contributed by atoms with Crippen molar-refractivity contribution < 1.29 is 13.2 Å². The Morgan fingerprint density at radius 1 is 1.15 bits per heavy atom. The largest absolute Gasteiger partial charge is 0.398 e. The molecule has 0 bridgehead atoms. The molecule has 0 heterocycles. The molecule has 0 unspecified atom stereocenters. The Labute approximate surface area is 155 Å². The number of hydrogen-bond acceptors (Lipinski definition) is 6. The van der Waals surface area contributed by atoms with Gasteiger partial charge in [-0.3, -0.25) is 4.79 Å². The van der Waals surface area contributed by atoms with E-state index in [0.717, 1.165) is 0 Å². The summed E-state index contributed by atoms with van der Waals surface area (Å²) < 4.78 is 22.4. The predicted molar refractivity (Wildman–Crippen MR) is 99.6 cm³/mol. The van der Waals surface area contributed by atoms with Crippen molar-refractivity contribution in [2.45, 2.75) is 4.90 Å². The second-order valence-electron chi connectivity index (χ2n) is 5.07. The highest BCUT2D eigenvalue weighted by Gasteiger charge is 2.11. The molecule has 8 nitrogen and oxygen atoms in total. The fraction of sp³-hybridized carbons (Fsp3) is 0. The molecule has 0 aliphatic heterocycles. The van der Waals surface area contributed by atoms with Gasteiger partial charge in [0.15, 0.2) is 0 Å². The molecule has 0 spiro atoms. The van der Waals surface area contributed by atoms with Gasteiger partial charge in [0.25, 0.3) is 5.91 Å². The molecule has 26 heavy (non-hydrogen) atoms. The number of benzene rings is 2. The van der Waals surface area contributed by atoms with E-state index in [2.05, 4.69) is 10.6 Å². The van der Waals surface area contributed by atoms with E-state index in [-0.39, 0.29) is 15.5 Å². The molecule has 2 aromatic carbocycles. The zero-order valence-electron chi connectivity index (χ0n) is 13.2. The van der Waals surface area contributed by atoms with Gasteiger partial charge in [0.1, 0.15) is 11.6 Å². The maximum Gasteiger partial charge on any atom is 0.267 e. The molecule has 10 heteroatoms. The highest BCUT2D eigenvalue weighted by molar-refractivity contribution is 7.89. The smallest absolute Gasteiger partial charge is 0.267 e. The molecule has 0 saturated carbocycles. The standard InChI is InChI=1S/C16H14ClN5O3S/c17-14-7-12(3-6-15(14)19)22-16(23)10(8-18)9-21-11-1-4-13(5-2-11)26(20,24)25/h1-7,9,21H,19H2,(H,22,23)(H2,20,24,25)/b10-9-. The fourth-order valence-electron chi connectivity index (χ4n) is 1.85. The number of primary sulfonamides is 1. The van der Waals surface area contributed by atoms with Crippen molar-refractivity contribution in [3.63, 3.8) is 0 Å². The number of carbonyl (C=O) groups is 1. The molecular weight excluding hydrogens is 378 g/mol. The minimum atomic E-state index is -3.79. The minimum absolute atomic E-state index is 0.0505. The number of nitriles is 1. The van der Waals surface area contributed by atoms with Crippen molar-refractivity contribution in [2.24, 2.45) is 5.14 Å². The van der Waals surface area contributed by atoms with Crippen LogP contribution >= 0.6 is 11.6 Å². The zero-order chi connectivity index (χ0) is 19.3. The highest BCUT2D eigenvalue weighted by Crippen LogP contribution is 2.23. The summed E-state index contributed by atoms with van der Waals surface area (Å²) in [5.41, 5.74) is 6.61. The maximum absolute atomic E-state index is 12.1. The lowest BCUT2D eigenvalue weighted by atomic mass is 10.2. The zero-order valence-corrected chi connectivity index (χ0v) is 14.8.